The molecule has 0 unspecified atom stereocenters. The number of aromatic nitrogens is 1. The molecule has 0 aliphatic rings. The number of rotatable bonds is 4. The highest BCUT2D eigenvalue weighted by Gasteiger charge is 2.23. The standard InChI is InChI=1S/C12H17N3O3/c1-7(2)10(11(16)17)15-12(18)14-9-4-8(3)5-13-6-9/h4-7,10H,1-3H3,(H,16,17)(H2,14,15,18)/t10-/m0/s1. The molecule has 2 amide bonds. The van der Waals surface area contributed by atoms with Gasteiger partial charge in [0.2, 0.25) is 0 Å². The Morgan fingerprint density at radius 3 is 2.50 bits per heavy atom. The van der Waals surface area contributed by atoms with Crippen molar-refractivity contribution in [3.63, 3.8) is 0 Å². The summed E-state index contributed by atoms with van der Waals surface area (Å²) in [5.41, 5.74) is 1.44. The van der Waals surface area contributed by atoms with Gasteiger partial charge in [-0.15, -0.1) is 0 Å². The van der Waals surface area contributed by atoms with E-state index in [9.17, 15) is 9.59 Å². The second-order valence-corrected chi connectivity index (χ2v) is 4.41. The molecule has 0 aliphatic heterocycles. The number of nitrogens with one attached hydrogen (secondary N) is 2. The molecule has 0 aromatic carbocycles. The van der Waals surface area contributed by atoms with Crippen LogP contribution in [0.15, 0.2) is 18.5 Å². The van der Waals surface area contributed by atoms with E-state index < -0.39 is 18.0 Å². The lowest BCUT2D eigenvalue weighted by Crippen LogP contribution is -2.46. The summed E-state index contributed by atoms with van der Waals surface area (Å²) in [6.07, 6.45) is 3.16. The lowest BCUT2D eigenvalue weighted by Gasteiger charge is -2.18. The summed E-state index contributed by atoms with van der Waals surface area (Å²) >= 11 is 0. The number of hydrogen-bond donors (Lipinski definition) is 3. The number of carboxylic acid groups (broad SMARTS) is 1. The maximum absolute atomic E-state index is 11.6. The molecule has 0 aliphatic carbocycles. The zero-order valence-corrected chi connectivity index (χ0v) is 10.6. The van der Waals surface area contributed by atoms with Crippen LogP contribution in [0, 0.1) is 12.8 Å². The highest BCUT2D eigenvalue weighted by Crippen LogP contribution is 2.07. The minimum absolute atomic E-state index is 0.191. The van der Waals surface area contributed by atoms with Crippen molar-refractivity contribution in [1.82, 2.24) is 10.3 Å². The molecular formula is C12H17N3O3. The fourth-order valence-electron chi connectivity index (χ4n) is 1.45. The van der Waals surface area contributed by atoms with Crippen molar-refractivity contribution in [2.24, 2.45) is 5.92 Å². The monoisotopic (exact) mass is 251 g/mol. The second-order valence-electron chi connectivity index (χ2n) is 4.41. The number of aliphatic carboxylic acids is 1. The number of pyridine rings is 1. The molecule has 6 heteroatoms. The lowest BCUT2D eigenvalue weighted by molar-refractivity contribution is -0.140. The Hall–Kier alpha value is -2.11. The lowest BCUT2D eigenvalue weighted by atomic mass is 10.1. The molecule has 0 fully saturated rings. The molecule has 0 bridgehead atoms. The summed E-state index contributed by atoms with van der Waals surface area (Å²) in [6.45, 7) is 5.31. The largest absolute Gasteiger partial charge is 0.480 e. The Labute approximate surface area is 105 Å². The fraction of sp³-hybridized carbons (Fsp3) is 0.417. The average Bonchev–Trinajstić information content (AvgIpc) is 2.25. The van der Waals surface area contributed by atoms with E-state index in [0.29, 0.717) is 5.69 Å². The number of amides is 2. The van der Waals surface area contributed by atoms with Crippen molar-refractivity contribution in [2.45, 2.75) is 26.8 Å². The van der Waals surface area contributed by atoms with Gasteiger partial charge in [0, 0.05) is 6.20 Å². The van der Waals surface area contributed by atoms with Crippen LogP contribution in [0.2, 0.25) is 0 Å². The molecule has 1 atom stereocenters. The zero-order valence-electron chi connectivity index (χ0n) is 10.6. The van der Waals surface area contributed by atoms with Crippen molar-refractivity contribution in [2.75, 3.05) is 5.32 Å². The third kappa shape index (κ3) is 4.04. The third-order valence-corrected chi connectivity index (χ3v) is 2.35. The molecule has 18 heavy (non-hydrogen) atoms. The van der Waals surface area contributed by atoms with Gasteiger partial charge in [0.1, 0.15) is 6.04 Å². The van der Waals surface area contributed by atoms with Gasteiger partial charge in [-0.3, -0.25) is 4.98 Å². The minimum Gasteiger partial charge on any atom is -0.480 e. The number of hydrogen-bond acceptors (Lipinski definition) is 3. The number of aryl methyl sites for hydroxylation is 1. The maximum atomic E-state index is 11.6. The second kappa shape index (κ2) is 6.00. The molecule has 3 N–H and O–H groups in total. The first kappa shape index (κ1) is 14.0. The van der Waals surface area contributed by atoms with Crippen molar-refractivity contribution in [3.05, 3.63) is 24.0 Å². The van der Waals surface area contributed by atoms with Crippen LogP contribution in [0.1, 0.15) is 19.4 Å². The molecule has 1 aromatic rings. The average molecular weight is 251 g/mol. The van der Waals surface area contributed by atoms with Gasteiger partial charge in [0.25, 0.3) is 0 Å². The minimum atomic E-state index is -1.05. The van der Waals surface area contributed by atoms with Crippen LogP contribution < -0.4 is 10.6 Å². The summed E-state index contributed by atoms with van der Waals surface area (Å²) in [7, 11) is 0. The number of anilines is 1. The van der Waals surface area contributed by atoms with Crippen molar-refractivity contribution in [1.29, 1.82) is 0 Å². The quantitative estimate of drug-likeness (QED) is 0.758. The number of carbonyl (C=O) groups excluding carboxylic acids is 1. The van der Waals surface area contributed by atoms with Gasteiger partial charge in [-0.2, -0.15) is 0 Å². The smallest absolute Gasteiger partial charge is 0.326 e. The predicted molar refractivity (Wildman–Crippen MR) is 67.4 cm³/mol. The van der Waals surface area contributed by atoms with Crippen LogP contribution in [-0.2, 0) is 4.79 Å². The van der Waals surface area contributed by atoms with Gasteiger partial charge in [0.15, 0.2) is 0 Å². The Morgan fingerprint density at radius 1 is 1.33 bits per heavy atom. The third-order valence-electron chi connectivity index (χ3n) is 2.35. The SMILES string of the molecule is Cc1cncc(NC(=O)N[C@H](C(=O)O)C(C)C)c1. The molecule has 6 nitrogen and oxygen atoms in total. The van der Waals surface area contributed by atoms with Gasteiger partial charge >= 0.3 is 12.0 Å². The normalized spacial score (nSPS) is 12.0. The van der Waals surface area contributed by atoms with Gasteiger partial charge in [0.05, 0.1) is 11.9 Å². The van der Waals surface area contributed by atoms with E-state index in [1.807, 2.05) is 6.92 Å². The van der Waals surface area contributed by atoms with E-state index in [1.165, 1.54) is 6.20 Å². The molecule has 0 spiro atoms. The molecule has 0 saturated heterocycles. The molecule has 0 saturated carbocycles. The highest BCUT2D eigenvalue weighted by atomic mass is 16.4. The number of nitrogens with zero attached hydrogens (tertiary/aromatic N) is 1. The van der Waals surface area contributed by atoms with E-state index in [0.717, 1.165) is 5.56 Å². The van der Waals surface area contributed by atoms with E-state index in [-0.39, 0.29) is 5.92 Å². The predicted octanol–water partition coefficient (Wildman–Crippen LogP) is 1.62. The summed E-state index contributed by atoms with van der Waals surface area (Å²) in [4.78, 5) is 26.5. The fourth-order valence-corrected chi connectivity index (χ4v) is 1.45. The molecule has 1 heterocycles. The van der Waals surface area contributed by atoms with Gasteiger partial charge in [-0.1, -0.05) is 13.8 Å². The van der Waals surface area contributed by atoms with Crippen molar-refractivity contribution < 1.29 is 14.7 Å². The molecule has 98 valence electrons. The molecule has 1 aromatic heterocycles. The highest BCUT2D eigenvalue weighted by molar-refractivity contribution is 5.92. The first-order valence-corrected chi connectivity index (χ1v) is 5.62. The first-order chi connectivity index (χ1) is 8.40. The Balaban J connectivity index is 2.63. The van der Waals surface area contributed by atoms with Crippen LogP contribution in [-0.4, -0.2) is 28.1 Å². The van der Waals surface area contributed by atoms with Crippen LogP contribution in [0.3, 0.4) is 0 Å². The Morgan fingerprint density at radius 2 is 2.00 bits per heavy atom. The molecule has 1 rings (SSSR count). The van der Waals surface area contributed by atoms with Crippen LogP contribution in [0.4, 0.5) is 10.5 Å². The van der Waals surface area contributed by atoms with Gasteiger partial charge in [-0.05, 0) is 24.5 Å². The molecule has 0 radical (unpaired) electrons. The Bertz CT molecular complexity index is 446. The summed E-state index contributed by atoms with van der Waals surface area (Å²) in [5, 5.41) is 13.9. The van der Waals surface area contributed by atoms with Crippen LogP contribution in [0.5, 0.6) is 0 Å². The first-order valence-electron chi connectivity index (χ1n) is 5.62. The number of urea groups is 1. The maximum Gasteiger partial charge on any atom is 0.326 e. The zero-order chi connectivity index (χ0) is 13.7. The van der Waals surface area contributed by atoms with E-state index in [4.69, 9.17) is 5.11 Å². The van der Waals surface area contributed by atoms with E-state index >= 15 is 0 Å². The summed E-state index contributed by atoms with van der Waals surface area (Å²) < 4.78 is 0. The summed E-state index contributed by atoms with van der Waals surface area (Å²) in [5.74, 6) is -1.24. The number of carbonyl (C=O) groups is 2. The molecular weight excluding hydrogens is 234 g/mol. The van der Waals surface area contributed by atoms with Crippen molar-refractivity contribution in [3.8, 4) is 0 Å². The van der Waals surface area contributed by atoms with E-state index in [1.54, 1.807) is 26.1 Å². The summed E-state index contributed by atoms with van der Waals surface area (Å²) in [6, 6.07) is 0.281. The van der Waals surface area contributed by atoms with Crippen molar-refractivity contribution >= 4 is 17.7 Å². The Kier molecular flexibility index (Phi) is 4.65. The van der Waals surface area contributed by atoms with Crippen LogP contribution >= 0.6 is 0 Å². The van der Waals surface area contributed by atoms with Gasteiger partial charge in [-0.25, -0.2) is 9.59 Å². The van der Waals surface area contributed by atoms with Gasteiger partial charge < -0.3 is 15.7 Å². The number of carboxylic acids is 1. The topological polar surface area (TPSA) is 91.3 Å². The van der Waals surface area contributed by atoms with E-state index in [2.05, 4.69) is 15.6 Å². The van der Waals surface area contributed by atoms with Crippen LogP contribution in [0.25, 0.3) is 0 Å².